The average molecular weight is 256 g/mol. The van der Waals surface area contributed by atoms with Crippen molar-refractivity contribution in [2.24, 2.45) is 11.8 Å². The molecule has 2 rings (SSSR count). The van der Waals surface area contributed by atoms with Gasteiger partial charge in [0.2, 0.25) is 0 Å². The Labute approximate surface area is 118 Å². The summed E-state index contributed by atoms with van der Waals surface area (Å²) >= 11 is 0. The zero-order chi connectivity index (χ0) is 13.5. The minimum Gasteiger partial charge on any atom is -0.0665 e. The van der Waals surface area contributed by atoms with Crippen LogP contribution in [0.25, 0.3) is 6.08 Å². The Bertz CT molecular complexity index is 386. The van der Waals surface area contributed by atoms with Gasteiger partial charge >= 0.3 is 0 Å². The molecule has 1 aromatic carbocycles. The van der Waals surface area contributed by atoms with Gasteiger partial charge in [0.05, 0.1) is 0 Å². The lowest BCUT2D eigenvalue weighted by atomic mass is 9.80. The van der Waals surface area contributed by atoms with Gasteiger partial charge in [-0.1, -0.05) is 75.1 Å². The number of benzene rings is 1. The molecule has 1 saturated carbocycles. The first-order valence-corrected chi connectivity index (χ1v) is 8.01. The fraction of sp³-hybridized carbons (Fsp3) is 0.579. The third-order valence-corrected chi connectivity index (χ3v) is 4.28. The summed E-state index contributed by atoms with van der Waals surface area (Å²) in [4.78, 5) is 0. The molecule has 0 bridgehead atoms. The molecule has 1 atom stereocenters. The van der Waals surface area contributed by atoms with E-state index in [0.29, 0.717) is 0 Å². The van der Waals surface area contributed by atoms with Crippen molar-refractivity contribution in [3.8, 4) is 0 Å². The molecule has 0 radical (unpaired) electrons. The standard InChI is InChI=1S/C19H28/c1-16(2)9-8-14-18-12-6-7-13-19(18)15-17-10-4-3-5-11-17/h3-5,10-11,15-16,18H,6-9,12-14H2,1-2H3/b19-15+/t18-/m1/s1. The molecule has 104 valence electrons. The van der Waals surface area contributed by atoms with Crippen molar-refractivity contribution in [2.75, 3.05) is 0 Å². The van der Waals surface area contributed by atoms with Gasteiger partial charge in [0.15, 0.2) is 0 Å². The predicted molar refractivity (Wildman–Crippen MR) is 85.1 cm³/mol. The lowest BCUT2D eigenvalue weighted by Gasteiger charge is -2.26. The molecular weight excluding hydrogens is 228 g/mol. The Morgan fingerprint density at radius 3 is 2.68 bits per heavy atom. The monoisotopic (exact) mass is 256 g/mol. The normalized spacial score (nSPS) is 22.1. The summed E-state index contributed by atoms with van der Waals surface area (Å²) in [7, 11) is 0. The summed E-state index contributed by atoms with van der Waals surface area (Å²) < 4.78 is 0. The maximum Gasteiger partial charge on any atom is -0.0200 e. The molecule has 0 saturated heterocycles. The molecule has 0 amide bonds. The molecule has 1 fully saturated rings. The van der Waals surface area contributed by atoms with Crippen molar-refractivity contribution in [1.82, 2.24) is 0 Å². The fourth-order valence-electron chi connectivity index (χ4n) is 3.16. The van der Waals surface area contributed by atoms with E-state index in [0.717, 1.165) is 11.8 Å². The van der Waals surface area contributed by atoms with Gasteiger partial charge in [0, 0.05) is 0 Å². The van der Waals surface area contributed by atoms with E-state index < -0.39 is 0 Å². The Balaban J connectivity index is 1.97. The minimum absolute atomic E-state index is 0.852. The van der Waals surface area contributed by atoms with Crippen LogP contribution in [-0.2, 0) is 0 Å². The topological polar surface area (TPSA) is 0 Å². The number of hydrogen-bond acceptors (Lipinski definition) is 0. The van der Waals surface area contributed by atoms with E-state index in [4.69, 9.17) is 0 Å². The maximum absolute atomic E-state index is 2.46. The van der Waals surface area contributed by atoms with Crippen LogP contribution < -0.4 is 0 Å². The Morgan fingerprint density at radius 2 is 1.95 bits per heavy atom. The van der Waals surface area contributed by atoms with Crippen molar-refractivity contribution in [2.45, 2.75) is 58.8 Å². The first-order chi connectivity index (χ1) is 9.25. The maximum atomic E-state index is 2.46. The summed E-state index contributed by atoms with van der Waals surface area (Å²) in [5.41, 5.74) is 3.09. The average Bonchev–Trinajstić information content (AvgIpc) is 2.41. The zero-order valence-electron chi connectivity index (χ0n) is 12.6. The SMILES string of the molecule is CC(C)CCC[C@H]1CCCC/C1=C\c1ccccc1. The second kappa shape index (κ2) is 7.53. The van der Waals surface area contributed by atoms with Crippen molar-refractivity contribution in [3.63, 3.8) is 0 Å². The van der Waals surface area contributed by atoms with Crippen LogP contribution in [0.2, 0.25) is 0 Å². The van der Waals surface area contributed by atoms with Gasteiger partial charge in [-0.2, -0.15) is 0 Å². The number of hydrogen-bond donors (Lipinski definition) is 0. The smallest absolute Gasteiger partial charge is 0.0200 e. The molecule has 1 aliphatic rings. The van der Waals surface area contributed by atoms with Gasteiger partial charge in [0.1, 0.15) is 0 Å². The van der Waals surface area contributed by atoms with Crippen LogP contribution in [0.1, 0.15) is 64.4 Å². The third-order valence-electron chi connectivity index (χ3n) is 4.28. The molecule has 0 aromatic heterocycles. The molecule has 1 aromatic rings. The summed E-state index contributed by atoms with van der Waals surface area (Å²) in [5, 5.41) is 0. The van der Waals surface area contributed by atoms with Crippen LogP contribution in [0.4, 0.5) is 0 Å². The molecule has 0 nitrogen and oxygen atoms in total. The van der Waals surface area contributed by atoms with Gasteiger partial charge < -0.3 is 0 Å². The number of allylic oxidation sites excluding steroid dienone is 1. The third kappa shape index (κ3) is 4.86. The lowest BCUT2D eigenvalue weighted by molar-refractivity contribution is 0.401. The van der Waals surface area contributed by atoms with Crippen molar-refractivity contribution in [1.29, 1.82) is 0 Å². The molecule has 0 unspecified atom stereocenters. The Hall–Kier alpha value is -1.04. The quantitative estimate of drug-likeness (QED) is 0.598. The summed E-state index contributed by atoms with van der Waals surface area (Å²) in [6.45, 7) is 4.67. The molecule has 19 heavy (non-hydrogen) atoms. The molecule has 0 N–H and O–H groups in total. The van der Waals surface area contributed by atoms with Crippen molar-refractivity contribution < 1.29 is 0 Å². The van der Waals surface area contributed by atoms with E-state index in [1.165, 1.54) is 50.5 Å². The second-order valence-electron chi connectivity index (χ2n) is 6.40. The summed E-state index contributed by atoms with van der Waals surface area (Å²) in [6.07, 6.45) is 12.2. The van der Waals surface area contributed by atoms with Crippen LogP contribution in [-0.4, -0.2) is 0 Å². The predicted octanol–water partition coefficient (Wildman–Crippen LogP) is 6.09. The van der Waals surface area contributed by atoms with Gasteiger partial charge in [-0.15, -0.1) is 0 Å². The highest BCUT2D eigenvalue weighted by Gasteiger charge is 2.18. The lowest BCUT2D eigenvalue weighted by Crippen LogP contribution is -2.10. The van der Waals surface area contributed by atoms with Crippen LogP contribution in [0.15, 0.2) is 35.9 Å². The van der Waals surface area contributed by atoms with Gasteiger partial charge in [0.25, 0.3) is 0 Å². The summed E-state index contributed by atoms with van der Waals surface area (Å²) in [6, 6.07) is 10.8. The summed E-state index contributed by atoms with van der Waals surface area (Å²) in [5.74, 6) is 1.71. The zero-order valence-corrected chi connectivity index (χ0v) is 12.6. The largest absolute Gasteiger partial charge is 0.0665 e. The van der Waals surface area contributed by atoms with Crippen molar-refractivity contribution in [3.05, 3.63) is 41.5 Å². The van der Waals surface area contributed by atoms with Gasteiger partial charge in [-0.3, -0.25) is 0 Å². The van der Waals surface area contributed by atoms with E-state index in [9.17, 15) is 0 Å². The fourth-order valence-corrected chi connectivity index (χ4v) is 3.16. The highest BCUT2D eigenvalue weighted by Crippen LogP contribution is 2.34. The molecule has 0 spiro atoms. The first kappa shape index (κ1) is 14.4. The first-order valence-electron chi connectivity index (χ1n) is 8.01. The van der Waals surface area contributed by atoms with Crippen LogP contribution in [0, 0.1) is 11.8 Å². The van der Waals surface area contributed by atoms with E-state index in [-0.39, 0.29) is 0 Å². The van der Waals surface area contributed by atoms with Gasteiger partial charge in [-0.25, -0.2) is 0 Å². The molecule has 0 aliphatic heterocycles. The van der Waals surface area contributed by atoms with Gasteiger partial charge in [-0.05, 0) is 43.1 Å². The molecule has 0 heterocycles. The van der Waals surface area contributed by atoms with Crippen LogP contribution in [0.3, 0.4) is 0 Å². The van der Waals surface area contributed by atoms with Crippen LogP contribution >= 0.6 is 0 Å². The second-order valence-corrected chi connectivity index (χ2v) is 6.40. The molecule has 0 heteroatoms. The Kier molecular flexibility index (Phi) is 5.69. The van der Waals surface area contributed by atoms with Crippen molar-refractivity contribution >= 4 is 6.08 Å². The van der Waals surface area contributed by atoms with E-state index >= 15 is 0 Å². The van der Waals surface area contributed by atoms with Crippen LogP contribution in [0.5, 0.6) is 0 Å². The number of rotatable bonds is 5. The molecule has 1 aliphatic carbocycles. The van der Waals surface area contributed by atoms with E-state index in [1.54, 1.807) is 5.57 Å². The van der Waals surface area contributed by atoms with E-state index in [1.807, 2.05) is 0 Å². The Morgan fingerprint density at radius 1 is 1.16 bits per heavy atom. The minimum atomic E-state index is 0.852. The highest BCUT2D eigenvalue weighted by molar-refractivity contribution is 5.53. The highest BCUT2D eigenvalue weighted by atomic mass is 14.2. The molecular formula is C19H28. The van der Waals surface area contributed by atoms with E-state index in [2.05, 4.69) is 50.3 Å².